The van der Waals surface area contributed by atoms with Gasteiger partial charge in [-0.2, -0.15) is 0 Å². The summed E-state index contributed by atoms with van der Waals surface area (Å²) in [6.07, 6.45) is 1.65. The van der Waals surface area contributed by atoms with Crippen LogP contribution in [0.15, 0.2) is 47.5 Å². The second kappa shape index (κ2) is 6.24. The number of hydrogen-bond donors (Lipinski definition) is 2. The van der Waals surface area contributed by atoms with E-state index in [0.29, 0.717) is 18.0 Å². The van der Waals surface area contributed by atoms with Crippen LogP contribution >= 0.6 is 12.6 Å². The molecule has 19 heavy (non-hydrogen) atoms. The minimum atomic E-state index is -0.121. The van der Waals surface area contributed by atoms with Crippen molar-refractivity contribution in [1.29, 1.82) is 0 Å². The third kappa shape index (κ3) is 3.72. The van der Waals surface area contributed by atoms with Crippen molar-refractivity contribution in [3.63, 3.8) is 0 Å². The number of rotatable bonds is 4. The molecule has 0 unspecified atom stereocenters. The molecule has 0 atom stereocenters. The molecular weight excluding hydrogens is 260 g/mol. The summed E-state index contributed by atoms with van der Waals surface area (Å²) in [6, 6.07) is 10.7. The van der Waals surface area contributed by atoms with E-state index in [2.05, 4.69) is 22.9 Å². The van der Waals surface area contributed by atoms with Gasteiger partial charge in [-0.05, 0) is 35.9 Å². The molecule has 0 aliphatic rings. The Kier molecular flexibility index (Phi) is 4.41. The first kappa shape index (κ1) is 13.4. The average Bonchev–Trinajstić information content (AvgIpc) is 2.46. The van der Waals surface area contributed by atoms with Crippen LogP contribution < -0.4 is 10.1 Å². The Balaban J connectivity index is 1.98. The maximum atomic E-state index is 11.9. The molecule has 0 fully saturated rings. The van der Waals surface area contributed by atoms with Crippen molar-refractivity contribution in [2.45, 2.75) is 11.4 Å². The molecule has 0 aliphatic carbocycles. The van der Waals surface area contributed by atoms with Gasteiger partial charge in [-0.3, -0.25) is 4.79 Å². The fourth-order valence-corrected chi connectivity index (χ4v) is 1.72. The van der Waals surface area contributed by atoms with E-state index < -0.39 is 0 Å². The minimum absolute atomic E-state index is 0.121. The topological polar surface area (TPSA) is 51.2 Å². The van der Waals surface area contributed by atoms with Crippen LogP contribution in [0.25, 0.3) is 0 Å². The van der Waals surface area contributed by atoms with Crippen molar-refractivity contribution in [2.75, 3.05) is 7.11 Å². The molecule has 0 saturated carbocycles. The van der Waals surface area contributed by atoms with Gasteiger partial charge >= 0.3 is 0 Å². The van der Waals surface area contributed by atoms with Gasteiger partial charge in [0.05, 0.1) is 7.11 Å². The van der Waals surface area contributed by atoms with E-state index in [-0.39, 0.29) is 5.91 Å². The third-order valence-corrected chi connectivity index (χ3v) is 2.89. The lowest BCUT2D eigenvalue weighted by atomic mass is 10.2. The molecule has 2 aromatic rings. The predicted molar refractivity (Wildman–Crippen MR) is 75.7 cm³/mol. The fraction of sp³-hybridized carbons (Fsp3) is 0.143. The van der Waals surface area contributed by atoms with E-state index in [9.17, 15) is 4.79 Å². The van der Waals surface area contributed by atoms with Crippen LogP contribution in [0, 0.1) is 0 Å². The monoisotopic (exact) mass is 274 g/mol. The van der Waals surface area contributed by atoms with Crippen molar-refractivity contribution < 1.29 is 9.53 Å². The van der Waals surface area contributed by atoms with Crippen LogP contribution in [-0.2, 0) is 6.54 Å². The van der Waals surface area contributed by atoms with E-state index in [0.717, 1.165) is 10.5 Å². The number of nitrogens with one attached hydrogen (secondary N) is 1. The minimum Gasteiger partial charge on any atom is -0.481 e. The van der Waals surface area contributed by atoms with Crippen LogP contribution in [0.2, 0.25) is 0 Å². The Morgan fingerprint density at radius 3 is 2.74 bits per heavy atom. The van der Waals surface area contributed by atoms with Gasteiger partial charge in [-0.15, -0.1) is 12.6 Å². The lowest BCUT2D eigenvalue weighted by Crippen LogP contribution is -2.22. The number of amides is 1. The average molecular weight is 274 g/mol. The number of aromatic nitrogens is 1. The second-order valence-corrected chi connectivity index (χ2v) is 4.45. The van der Waals surface area contributed by atoms with Crippen LogP contribution in [0.1, 0.15) is 15.9 Å². The van der Waals surface area contributed by atoms with Crippen molar-refractivity contribution in [1.82, 2.24) is 10.3 Å². The Labute approximate surface area is 117 Å². The van der Waals surface area contributed by atoms with Crippen molar-refractivity contribution >= 4 is 18.5 Å². The van der Waals surface area contributed by atoms with E-state index in [1.54, 1.807) is 43.6 Å². The Bertz CT molecular complexity index is 570. The zero-order valence-electron chi connectivity index (χ0n) is 10.5. The highest BCUT2D eigenvalue weighted by molar-refractivity contribution is 7.80. The van der Waals surface area contributed by atoms with Gasteiger partial charge in [0.1, 0.15) is 0 Å². The molecule has 1 heterocycles. The number of hydrogen-bond acceptors (Lipinski definition) is 4. The number of thiol groups is 1. The van der Waals surface area contributed by atoms with E-state index in [4.69, 9.17) is 4.74 Å². The molecule has 98 valence electrons. The van der Waals surface area contributed by atoms with Crippen molar-refractivity contribution in [3.8, 4) is 5.88 Å². The van der Waals surface area contributed by atoms with Gasteiger partial charge in [-0.1, -0.05) is 0 Å². The molecular formula is C14H14N2O2S. The fourth-order valence-electron chi connectivity index (χ4n) is 1.57. The Morgan fingerprint density at radius 2 is 2.05 bits per heavy atom. The molecule has 0 aliphatic heterocycles. The summed E-state index contributed by atoms with van der Waals surface area (Å²) in [6.45, 7) is 0.431. The van der Waals surface area contributed by atoms with Crippen molar-refractivity contribution in [3.05, 3.63) is 53.7 Å². The quantitative estimate of drug-likeness (QED) is 0.841. The summed E-state index contributed by atoms with van der Waals surface area (Å²) in [5, 5.41) is 2.84. The molecule has 2 rings (SSSR count). The molecule has 1 amide bonds. The first-order valence-corrected chi connectivity index (χ1v) is 6.20. The SMILES string of the molecule is COc1cc(CNC(=O)c2ccc(S)cc2)ccn1. The smallest absolute Gasteiger partial charge is 0.251 e. The normalized spacial score (nSPS) is 10.0. The van der Waals surface area contributed by atoms with Gasteiger partial charge in [0, 0.05) is 29.3 Å². The highest BCUT2D eigenvalue weighted by Crippen LogP contribution is 2.10. The van der Waals surface area contributed by atoms with Gasteiger partial charge in [0.25, 0.3) is 5.91 Å². The van der Waals surface area contributed by atoms with Crippen LogP contribution in [0.5, 0.6) is 5.88 Å². The third-order valence-electron chi connectivity index (χ3n) is 2.59. The molecule has 0 saturated heterocycles. The number of ether oxygens (including phenoxy) is 1. The van der Waals surface area contributed by atoms with Crippen LogP contribution in [-0.4, -0.2) is 18.0 Å². The molecule has 0 bridgehead atoms. The molecule has 0 spiro atoms. The van der Waals surface area contributed by atoms with E-state index in [1.165, 1.54) is 0 Å². The van der Waals surface area contributed by atoms with Crippen molar-refractivity contribution in [2.24, 2.45) is 0 Å². The number of benzene rings is 1. The highest BCUT2D eigenvalue weighted by Gasteiger charge is 2.05. The lowest BCUT2D eigenvalue weighted by Gasteiger charge is -2.06. The Morgan fingerprint density at radius 1 is 1.32 bits per heavy atom. The van der Waals surface area contributed by atoms with E-state index in [1.807, 2.05) is 6.07 Å². The molecule has 4 nitrogen and oxygen atoms in total. The van der Waals surface area contributed by atoms with E-state index >= 15 is 0 Å². The standard InChI is InChI=1S/C14H14N2O2S/c1-18-13-8-10(6-7-15-13)9-16-14(17)11-2-4-12(19)5-3-11/h2-8,19H,9H2,1H3,(H,16,17). The van der Waals surface area contributed by atoms with Gasteiger partial charge in [0.15, 0.2) is 0 Å². The highest BCUT2D eigenvalue weighted by atomic mass is 32.1. The zero-order chi connectivity index (χ0) is 13.7. The number of nitrogens with zero attached hydrogens (tertiary/aromatic N) is 1. The second-order valence-electron chi connectivity index (χ2n) is 3.94. The van der Waals surface area contributed by atoms with Crippen LogP contribution in [0.4, 0.5) is 0 Å². The predicted octanol–water partition coefficient (Wildman–Crippen LogP) is 2.31. The van der Waals surface area contributed by atoms with Crippen LogP contribution in [0.3, 0.4) is 0 Å². The lowest BCUT2D eigenvalue weighted by molar-refractivity contribution is 0.0951. The summed E-state index contributed by atoms with van der Waals surface area (Å²) in [7, 11) is 1.56. The maximum absolute atomic E-state index is 11.9. The molecule has 1 aromatic carbocycles. The summed E-state index contributed by atoms with van der Waals surface area (Å²) < 4.78 is 5.03. The number of methoxy groups -OCH3 is 1. The van der Waals surface area contributed by atoms with Gasteiger partial charge in [-0.25, -0.2) is 4.98 Å². The molecule has 5 heteroatoms. The summed E-state index contributed by atoms with van der Waals surface area (Å²) in [5.41, 5.74) is 1.55. The first-order chi connectivity index (χ1) is 9.19. The number of carbonyl (C=O) groups is 1. The van der Waals surface area contributed by atoms with Gasteiger partial charge < -0.3 is 10.1 Å². The zero-order valence-corrected chi connectivity index (χ0v) is 11.4. The number of pyridine rings is 1. The summed E-state index contributed by atoms with van der Waals surface area (Å²) in [4.78, 5) is 16.7. The molecule has 1 aromatic heterocycles. The largest absolute Gasteiger partial charge is 0.481 e. The molecule has 0 radical (unpaired) electrons. The first-order valence-electron chi connectivity index (χ1n) is 5.75. The summed E-state index contributed by atoms with van der Waals surface area (Å²) in [5.74, 6) is 0.412. The Hall–Kier alpha value is -2.01. The number of carbonyl (C=O) groups excluding carboxylic acids is 1. The maximum Gasteiger partial charge on any atom is 0.251 e. The van der Waals surface area contributed by atoms with Gasteiger partial charge in [0.2, 0.25) is 5.88 Å². The molecule has 1 N–H and O–H groups in total. The summed E-state index contributed by atoms with van der Waals surface area (Å²) >= 11 is 4.18.